The van der Waals surface area contributed by atoms with Crippen molar-refractivity contribution in [1.29, 1.82) is 0 Å². The Balaban J connectivity index is 2.17. The van der Waals surface area contributed by atoms with Gasteiger partial charge in [-0.15, -0.1) is 0 Å². The number of hydrogen-bond donors (Lipinski definition) is 2. The first-order valence-corrected chi connectivity index (χ1v) is 4.79. The Bertz CT molecular complexity index is 548. The molecule has 3 heteroatoms. The second-order valence-electron chi connectivity index (χ2n) is 3.34. The summed E-state index contributed by atoms with van der Waals surface area (Å²) >= 11 is 0. The summed E-state index contributed by atoms with van der Waals surface area (Å²) in [5, 5.41) is 9.72. The molecule has 0 atom stereocenters. The highest BCUT2D eigenvalue weighted by atomic mass is 16.4. The number of carboxylic acid groups (broad SMARTS) is 1. The van der Waals surface area contributed by atoms with Crippen LogP contribution >= 0.6 is 0 Å². The maximum atomic E-state index is 10.7. The van der Waals surface area contributed by atoms with Crippen LogP contribution in [-0.2, 0) is 11.2 Å². The van der Waals surface area contributed by atoms with Crippen molar-refractivity contribution in [2.24, 2.45) is 0 Å². The van der Waals surface area contributed by atoms with Crippen LogP contribution in [0.5, 0.6) is 0 Å². The number of aliphatic carboxylic acids is 1. The predicted molar refractivity (Wildman–Crippen MR) is 58.9 cm³/mol. The summed E-state index contributed by atoms with van der Waals surface area (Å²) in [6.45, 7) is 0. The van der Waals surface area contributed by atoms with Crippen LogP contribution in [0.25, 0.3) is 10.9 Å². The van der Waals surface area contributed by atoms with Gasteiger partial charge in [0.2, 0.25) is 0 Å². The number of benzene rings is 1. The average Bonchev–Trinajstić information content (AvgIpc) is 2.69. The van der Waals surface area contributed by atoms with E-state index in [9.17, 15) is 4.79 Å². The average molecular weight is 205 g/mol. The summed E-state index contributed by atoms with van der Waals surface area (Å²) in [5.74, 6) is -1.41. The highest BCUT2D eigenvalue weighted by molar-refractivity contribution is 5.83. The molecule has 1 aromatic heterocycles. The second kappa shape index (κ2) is 4.17. The number of carbonyl (C=O) groups is 1. The fourth-order valence-corrected chi connectivity index (χ4v) is 1.64. The molecule has 15 heavy (non-hydrogen) atoms. The summed E-state index contributed by atoms with van der Waals surface area (Å²) in [7, 11) is 0. The third-order valence-corrected chi connectivity index (χ3v) is 2.35. The normalized spacial score (nSPS) is 13.6. The highest BCUT2D eigenvalue weighted by Gasteiger charge is 2.03. The first kappa shape index (κ1) is 7.51. The quantitative estimate of drug-likeness (QED) is 0.806. The summed E-state index contributed by atoms with van der Waals surface area (Å²) in [6, 6.07) is 7.70. The van der Waals surface area contributed by atoms with Gasteiger partial charge < -0.3 is 10.1 Å². The van der Waals surface area contributed by atoms with Crippen molar-refractivity contribution < 1.29 is 12.6 Å². The van der Waals surface area contributed by atoms with Gasteiger partial charge >= 0.3 is 5.97 Å². The van der Waals surface area contributed by atoms with E-state index in [0.717, 1.165) is 16.5 Å². The Morgan fingerprint density at radius 2 is 2.27 bits per heavy atom. The van der Waals surface area contributed by atoms with Crippen LogP contribution in [0.3, 0.4) is 0 Å². The van der Waals surface area contributed by atoms with Crippen molar-refractivity contribution in [3.8, 4) is 0 Å². The maximum absolute atomic E-state index is 10.7. The van der Waals surface area contributed by atoms with Crippen molar-refractivity contribution in [3.05, 3.63) is 36.0 Å². The van der Waals surface area contributed by atoms with Crippen LogP contribution in [0.15, 0.2) is 30.5 Å². The molecule has 0 radical (unpaired) electrons. The van der Waals surface area contributed by atoms with Gasteiger partial charge in [0, 0.05) is 26.2 Å². The van der Waals surface area contributed by atoms with E-state index in [1.54, 1.807) is 0 Å². The minimum absolute atomic E-state index is 0.0236. The molecule has 0 unspecified atom stereocenters. The van der Waals surface area contributed by atoms with Gasteiger partial charge in [-0.3, -0.25) is 4.79 Å². The molecule has 0 aliphatic rings. The molecule has 2 rings (SSSR count). The molecular weight excluding hydrogens is 190 g/mol. The van der Waals surface area contributed by atoms with Crippen LogP contribution in [-0.4, -0.2) is 16.1 Å². The van der Waals surface area contributed by atoms with Gasteiger partial charge in [-0.25, -0.2) is 0 Å². The summed E-state index contributed by atoms with van der Waals surface area (Å²) < 4.78 is 14.7. The van der Waals surface area contributed by atoms with Crippen molar-refractivity contribution in [2.45, 2.75) is 19.2 Å². The van der Waals surface area contributed by atoms with Crippen molar-refractivity contribution in [2.75, 3.05) is 0 Å². The highest BCUT2D eigenvalue weighted by Crippen LogP contribution is 2.19. The van der Waals surface area contributed by atoms with Gasteiger partial charge in [0.15, 0.2) is 0 Å². The Morgan fingerprint density at radius 1 is 1.47 bits per heavy atom. The fraction of sp³-hybridized carbons (Fsp3) is 0.250. The molecular formula is C12H13NO2. The van der Waals surface area contributed by atoms with Gasteiger partial charge in [-0.1, -0.05) is 18.2 Å². The molecule has 2 N–H and O–H groups in total. The monoisotopic (exact) mass is 205 g/mol. The van der Waals surface area contributed by atoms with Crippen LogP contribution in [0.2, 0.25) is 0 Å². The molecule has 0 saturated heterocycles. The molecule has 0 aliphatic carbocycles. The van der Waals surface area contributed by atoms with E-state index in [-0.39, 0.29) is 6.42 Å². The van der Waals surface area contributed by atoms with E-state index in [2.05, 4.69) is 4.98 Å². The third kappa shape index (κ3) is 2.18. The molecule has 0 amide bonds. The third-order valence-electron chi connectivity index (χ3n) is 2.35. The Hall–Kier alpha value is -1.77. The molecule has 0 fully saturated rings. The number of fused-ring (bicyclic) bond motifs is 1. The largest absolute Gasteiger partial charge is 0.481 e. The predicted octanol–water partition coefficient (Wildman–Crippen LogP) is 2.58. The van der Waals surface area contributed by atoms with Crippen molar-refractivity contribution in [3.63, 3.8) is 0 Å². The number of rotatable bonds is 4. The Labute approximate surface area is 90.5 Å². The summed E-state index contributed by atoms with van der Waals surface area (Å²) in [6.07, 6.45) is 0.0223. The molecule has 1 aromatic carbocycles. The zero-order valence-corrected chi connectivity index (χ0v) is 8.16. The lowest BCUT2D eigenvalue weighted by atomic mass is 10.1. The molecule has 2 aromatic rings. The molecule has 0 saturated carbocycles. The van der Waals surface area contributed by atoms with Gasteiger partial charge in [0.1, 0.15) is 0 Å². The molecule has 78 valence electrons. The molecule has 0 bridgehead atoms. The van der Waals surface area contributed by atoms with E-state index in [1.165, 1.54) is 0 Å². The second-order valence-corrected chi connectivity index (χ2v) is 3.34. The Kier molecular flexibility index (Phi) is 2.09. The lowest BCUT2D eigenvalue weighted by molar-refractivity contribution is -0.137. The number of carboxylic acids is 1. The number of aryl methyl sites for hydroxylation is 1. The minimum atomic E-state index is -2.17. The first-order chi connectivity index (χ1) is 8.00. The van der Waals surface area contributed by atoms with Gasteiger partial charge in [-0.05, 0) is 24.5 Å². The Morgan fingerprint density at radius 3 is 3.07 bits per heavy atom. The van der Waals surface area contributed by atoms with Crippen LogP contribution in [0, 0.1) is 0 Å². The van der Waals surface area contributed by atoms with Crippen LogP contribution in [0.4, 0.5) is 0 Å². The standard InChI is InChI=1S/C12H13NO2/c14-12(15)7-3-4-9-8-13-11-6-2-1-5-10(9)11/h1-2,5-6,8,13H,3-4,7H2,(H,14,15)/i7D2. The number of para-hydroxylation sites is 1. The number of aromatic nitrogens is 1. The van der Waals surface area contributed by atoms with Crippen LogP contribution in [0.1, 0.15) is 21.1 Å². The number of nitrogens with one attached hydrogen (secondary N) is 1. The number of hydrogen-bond acceptors (Lipinski definition) is 1. The van der Waals surface area contributed by atoms with E-state index in [4.69, 9.17) is 7.85 Å². The van der Waals surface area contributed by atoms with E-state index in [1.807, 2.05) is 30.5 Å². The summed E-state index contributed by atoms with van der Waals surface area (Å²) in [5.41, 5.74) is 1.93. The van der Waals surface area contributed by atoms with E-state index >= 15 is 0 Å². The fourth-order valence-electron chi connectivity index (χ4n) is 1.64. The van der Waals surface area contributed by atoms with Crippen molar-refractivity contribution >= 4 is 16.9 Å². The molecule has 0 aliphatic heterocycles. The topological polar surface area (TPSA) is 53.1 Å². The minimum Gasteiger partial charge on any atom is -0.481 e. The van der Waals surface area contributed by atoms with Gasteiger partial charge in [-0.2, -0.15) is 0 Å². The lowest BCUT2D eigenvalue weighted by Gasteiger charge is -1.96. The summed E-state index contributed by atoms with van der Waals surface area (Å²) in [4.78, 5) is 13.7. The zero-order chi connectivity index (χ0) is 12.5. The lowest BCUT2D eigenvalue weighted by Crippen LogP contribution is -1.95. The molecule has 1 heterocycles. The van der Waals surface area contributed by atoms with E-state index in [0.29, 0.717) is 6.42 Å². The zero-order valence-electron chi connectivity index (χ0n) is 10.2. The molecule has 3 nitrogen and oxygen atoms in total. The number of aromatic amines is 1. The SMILES string of the molecule is [2H]C([2H])(CCc1c[nH]c2ccccc12)C(=O)O. The maximum Gasteiger partial charge on any atom is 0.303 e. The molecule has 0 spiro atoms. The van der Waals surface area contributed by atoms with Gasteiger partial charge in [0.25, 0.3) is 0 Å². The van der Waals surface area contributed by atoms with Gasteiger partial charge in [0.05, 0.1) is 0 Å². The number of H-pyrrole nitrogens is 1. The van der Waals surface area contributed by atoms with E-state index < -0.39 is 12.3 Å². The smallest absolute Gasteiger partial charge is 0.303 e. The van der Waals surface area contributed by atoms with Crippen molar-refractivity contribution in [1.82, 2.24) is 4.98 Å². The van der Waals surface area contributed by atoms with Crippen LogP contribution < -0.4 is 0 Å². The first-order valence-electron chi connectivity index (χ1n) is 5.79.